The Morgan fingerprint density at radius 3 is 2.12 bits per heavy atom. The smallest absolute Gasteiger partial charge is 0.247 e. The first-order valence-electron chi connectivity index (χ1n) is 11.4. The van der Waals surface area contributed by atoms with Crippen LogP contribution in [0, 0.1) is 5.92 Å². The minimum atomic E-state index is -0.748. The second kappa shape index (κ2) is 12.2. The van der Waals surface area contributed by atoms with Crippen molar-refractivity contribution >= 4 is 23.4 Å². The van der Waals surface area contributed by atoms with Gasteiger partial charge in [0.2, 0.25) is 11.8 Å². The summed E-state index contributed by atoms with van der Waals surface area (Å²) in [5.74, 6) is 0.240. The lowest BCUT2D eigenvalue weighted by atomic mass is 10.0. The van der Waals surface area contributed by atoms with E-state index in [0.29, 0.717) is 24.5 Å². The van der Waals surface area contributed by atoms with Crippen LogP contribution in [0.25, 0.3) is 0 Å². The van der Waals surface area contributed by atoms with Crippen molar-refractivity contribution in [3.8, 4) is 5.75 Å². The average molecular weight is 479 g/mol. The standard InChI is InChI=1S/C28H31ClN2O3/c1-20(2)28(33)31(19-22-9-13-24(29)14-10-22)26(23-7-5-4-6-8-23)27(32)30-18-17-21-11-15-25(34-3)16-12-21/h4-16,20,26H,17-19H2,1-3H3,(H,30,32)/t26-/m1/s1. The van der Waals surface area contributed by atoms with E-state index in [1.165, 1.54) is 0 Å². The predicted molar refractivity (Wildman–Crippen MR) is 136 cm³/mol. The van der Waals surface area contributed by atoms with E-state index in [0.717, 1.165) is 22.4 Å². The Labute approximate surface area is 206 Å². The number of carbonyl (C=O) groups excluding carboxylic acids is 2. The number of benzene rings is 3. The summed E-state index contributed by atoms with van der Waals surface area (Å²) in [6.45, 7) is 4.46. The SMILES string of the molecule is COc1ccc(CCNC(=O)[C@@H](c2ccccc2)N(Cc2ccc(Cl)cc2)C(=O)C(C)C)cc1. The molecule has 1 N–H and O–H groups in total. The topological polar surface area (TPSA) is 58.6 Å². The molecule has 6 heteroatoms. The van der Waals surface area contributed by atoms with E-state index >= 15 is 0 Å². The Morgan fingerprint density at radius 2 is 1.53 bits per heavy atom. The predicted octanol–water partition coefficient (Wildman–Crippen LogP) is 5.43. The zero-order valence-corrected chi connectivity index (χ0v) is 20.6. The first-order chi connectivity index (χ1) is 16.4. The number of methoxy groups -OCH3 is 1. The lowest BCUT2D eigenvalue weighted by molar-refractivity contribution is -0.144. The van der Waals surface area contributed by atoms with E-state index in [2.05, 4.69) is 5.32 Å². The summed E-state index contributed by atoms with van der Waals surface area (Å²) in [5.41, 5.74) is 2.77. The van der Waals surface area contributed by atoms with E-state index in [1.54, 1.807) is 24.1 Å². The van der Waals surface area contributed by atoms with Gasteiger partial charge < -0.3 is 15.0 Å². The molecule has 0 heterocycles. The number of amides is 2. The Balaban J connectivity index is 1.83. The molecule has 0 spiro atoms. The van der Waals surface area contributed by atoms with Crippen molar-refractivity contribution in [3.05, 3.63) is 101 Å². The van der Waals surface area contributed by atoms with Gasteiger partial charge in [-0.25, -0.2) is 0 Å². The normalized spacial score (nSPS) is 11.7. The Kier molecular flexibility index (Phi) is 9.11. The zero-order valence-electron chi connectivity index (χ0n) is 19.8. The first-order valence-corrected chi connectivity index (χ1v) is 11.8. The summed E-state index contributed by atoms with van der Waals surface area (Å²) in [7, 11) is 1.63. The lowest BCUT2D eigenvalue weighted by Gasteiger charge is -2.33. The van der Waals surface area contributed by atoms with Gasteiger partial charge in [-0.1, -0.05) is 80.0 Å². The molecule has 0 aliphatic carbocycles. The van der Waals surface area contributed by atoms with Crippen molar-refractivity contribution in [2.75, 3.05) is 13.7 Å². The molecule has 0 aliphatic rings. The fourth-order valence-corrected chi connectivity index (χ4v) is 3.87. The van der Waals surface area contributed by atoms with Crippen LogP contribution in [-0.2, 0) is 22.6 Å². The molecule has 1 atom stereocenters. The second-order valence-electron chi connectivity index (χ2n) is 8.45. The van der Waals surface area contributed by atoms with E-state index in [-0.39, 0.29) is 17.7 Å². The largest absolute Gasteiger partial charge is 0.497 e. The molecule has 0 saturated carbocycles. The fourth-order valence-electron chi connectivity index (χ4n) is 3.74. The zero-order chi connectivity index (χ0) is 24.5. The summed E-state index contributed by atoms with van der Waals surface area (Å²) in [6, 6.07) is 23.8. The molecule has 3 rings (SSSR count). The highest BCUT2D eigenvalue weighted by Gasteiger charge is 2.32. The minimum absolute atomic E-state index is 0.0888. The average Bonchev–Trinajstić information content (AvgIpc) is 2.85. The van der Waals surface area contributed by atoms with Crippen LogP contribution in [0.3, 0.4) is 0 Å². The van der Waals surface area contributed by atoms with Gasteiger partial charge in [0.15, 0.2) is 0 Å². The molecule has 0 unspecified atom stereocenters. The van der Waals surface area contributed by atoms with Crippen molar-refractivity contribution < 1.29 is 14.3 Å². The van der Waals surface area contributed by atoms with Crippen molar-refractivity contribution in [2.45, 2.75) is 32.9 Å². The van der Waals surface area contributed by atoms with Crippen LogP contribution in [0.5, 0.6) is 5.75 Å². The summed E-state index contributed by atoms with van der Waals surface area (Å²) < 4.78 is 5.20. The Bertz CT molecular complexity index is 1070. The third kappa shape index (κ3) is 6.84. The summed E-state index contributed by atoms with van der Waals surface area (Å²) in [5, 5.41) is 3.67. The maximum Gasteiger partial charge on any atom is 0.247 e. The number of nitrogens with one attached hydrogen (secondary N) is 1. The van der Waals surface area contributed by atoms with Crippen LogP contribution in [0.2, 0.25) is 5.02 Å². The van der Waals surface area contributed by atoms with Crippen LogP contribution >= 0.6 is 11.6 Å². The molecule has 0 aromatic heterocycles. The van der Waals surface area contributed by atoms with E-state index in [1.807, 2.05) is 80.6 Å². The van der Waals surface area contributed by atoms with Crippen LogP contribution in [0.4, 0.5) is 0 Å². The minimum Gasteiger partial charge on any atom is -0.497 e. The van der Waals surface area contributed by atoms with Crippen LogP contribution < -0.4 is 10.1 Å². The highest BCUT2D eigenvalue weighted by atomic mass is 35.5. The van der Waals surface area contributed by atoms with Gasteiger partial charge in [-0.05, 0) is 47.4 Å². The monoisotopic (exact) mass is 478 g/mol. The van der Waals surface area contributed by atoms with E-state index in [9.17, 15) is 9.59 Å². The Hall–Kier alpha value is -3.31. The van der Waals surface area contributed by atoms with Gasteiger partial charge in [-0.3, -0.25) is 9.59 Å². The number of hydrogen-bond acceptors (Lipinski definition) is 3. The molecule has 5 nitrogen and oxygen atoms in total. The van der Waals surface area contributed by atoms with Crippen molar-refractivity contribution in [1.82, 2.24) is 10.2 Å². The molecule has 0 bridgehead atoms. The van der Waals surface area contributed by atoms with Gasteiger partial charge in [0, 0.05) is 24.0 Å². The Morgan fingerprint density at radius 1 is 0.912 bits per heavy atom. The van der Waals surface area contributed by atoms with E-state index in [4.69, 9.17) is 16.3 Å². The van der Waals surface area contributed by atoms with Gasteiger partial charge in [-0.2, -0.15) is 0 Å². The molecule has 0 saturated heterocycles. The molecule has 34 heavy (non-hydrogen) atoms. The van der Waals surface area contributed by atoms with Crippen LogP contribution in [0.1, 0.15) is 36.6 Å². The molecule has 0 fully saturated rings. The number of halogens is 1. The van der Waals surface area contributed by atoms with Crippen LogP contribution in [-0.4, -0.2) is 30.4 Å². The maximum absolute atomic E-state index is 13.5. The molecule has 0 aliphatic heterocycles. The van der Waals surface area contributed by atoms with E-state index < -0.39 is 6.04 Å². The van der Waals surface area contributed by atoms with Crippen molar-refractivity contribution in [2.24, 2.45) is 5.92 Å². The number of carbonyl (C=O) groups is 2. The second-order valence-corrected chi connectivity index (χ2v) is 8.89. The van der Waals surface area contributed by atoms with Gasteiger partial charge in [-0.15, -0.1) is 0 Å². The number of hydrogen-bond donors (Lipinski definition) is 1. The lowest BCUT2D eigenvalue weighted by Crippen LogP contribution is -2.45. The number of nitrogens with zero attached hydrogens (tertiary/aromatic N) is 1. The third-order valence-corrected chi connectivity index (χ3v) is 5.84. The van der Waals surface area contributed by atoms with Gasteiger partial charge in [0.1, 0.15) is 11.8 Å². The fraction of sp³-hybridized carbons (Fsp3) is 0.286. The highest BCUT2D eigenvalue weighted by molar-refractivity contribution is 6.30. The molecular weight excluding hydrogens is 448 g/mol. The molecular formula is C28H31ClN2O3. The van der Waals surface area contributed by atoms with Crippen molar-refractivity contribution in [1.29, 1.82) is 0 Å². The summed E-state index contributed by atoms with van der Waals surface area (Å²) in [4.78, 5) is 28.5. The van der Waals surface area contributed by atoms with Gasteiger partial charge >= 0.3 is 0 Å². The molecule has 3 aromatic rings. The molecule has 3 aromatic carbocycles. The molecule has 2 amide bonds. The third-order valence-electron chi connectivity index (χ3n) is 5.59. The van der Waals surface area contributed by atoms with Crippen LogP contribution in [0.15, 0.2) is 78.9 Å². The quantitative estimate of drug-likeness (QED) is 0.422. The number of rotatable bonds is 10. The summed E-state index contributed by atoms with van der Waals surface area (Å²) >= 11 is 6.04. The maximum atomic E-state index is 13.5. The summed E-state index contributed by atoms with van der Waals surface area (Å²) in [6.07, 6.45) is 0.673. The molecule has 178 valence electrons. The number of ether oxygens (including phenoxy) is 1. The highest BCUT2D eigenvalue weighted by Crippen LogP contribution is 2.26. The first kappa shape index (κ1) is 25.3. The van der Waals surface area contributed by atoms with Gasteiger partial charge in [0.05, 0.1) is 7.11 Å². The molecule has 0 radical (unpaired) electrons. The van der Waals surface area contributed by atoms with Gasteiger partial charge in [0.25, 0.3) is 0 Å². The van der Waals surface area contributed by atoms with Crippen molar-refractivity contribution in [3.63, 3.8) is 0 Å².